The van der Waals surface area contributed by atoms with E-state index in [-0.39, 0.29) is 0 Å². The van der Waals surface area contributed by atoms with Gasteiger partial charge in [0.1, 0.15) is 0 Å². The van der Waals surface area contributed by atoms with Crippen molar-refractivity contribution in [3.63, 3.8) is 0 Å². The van der Waals surface area contributed by atoms with Crippen LogP contribution < -0.4 is 5.32 Å². The minimum atomic E-state index is 0.831. The maximum absolute atomic E-state index is 5.34. The van der Waals surface area contributed by atoms with E-state index in [9.17, 15) is 0 Å². The molecular formula is C11H21NO. The second-order valence-electron chi connectivity index (χ2n) is 4.74. The van der Waals surface area contributed by atoms with Crippen LogP contribution in [-0.2, 0) is 4.74 Å². The van der Waals surface area contributed by atoms with Crippen LogP contribution in [0.25, 0.3) is 0 Å². The molecule has 1 aliphatic carbocycles. The molecule has 1 heterocycles. The lowest BCUT2D eigenvalue weighted by Gasteiger charge is -2.35. The van der Waals surface area contributed by atoms with E-state index in [4.69, 9.17) is 4.74 Å². The first kappa shape index (κ1) is 9.47. The monoisotopic (exact) mass is 183 g/mol. The van der Waals surface area contributed by atoms with Gasteiger partial charge in [0, 0.05) is 19.3 Å². The number of hydrogen-bond donors (Lipinski definition) is 1. The predicted octanol–water partition coefficient (Wildman–Crippen LogP) is 1.80. The van der Waals surface area contributed by atoms with Gasteiger partial charge < -0.3 is 10.1 Å². The minimum Gasteiger partial charge on any atom is -0.381 e. The molecule has 1 N–H and O–H groups in total. The first-order valence-electron chi connectivity index (χ1n) is 5.65. The quantitative estimate of drug-likeness (QED) is 0.720. The van der Waals surface area contributed by atoms with Crippen molar-refractivity contribution < 1.29 is 4.74 Å². The Morgan fingerprint density at radius 3 is 2.54 bits per heavy atom. The van der Waals surface area contributed by atoms with E-state index in [1.807, 2.05) is 0 Å². The molecule has 1 saturated carbocycles. The number of rotatable bonds is 3. The van der Waals surface area contributed by atoms with Crippen LogP contribution in [0.15, 0.2) is 0 Å². The van der Waals surface area contributed by atoms with Crippen molar-refractivity contribution in [3.8, 4) is 0 Å². The maximum Gasteiger partial charge on any atom is 0.0469 e. The van der Waals surface area contributed by atoms with E-state index in [1.54, 1.807) is 0 Å². The smallest absolute Gasteiger partial charge is 0.0469 e. The Labute approximate surface area is 81.0 Å². The van der Waals surface area contributed by atoms with Gasteiger partial charge in [0.15, 0.2) is 0 Å². The molecule has 0 spiro atoms. The zero-order chi connectivity index (χ0) is 9.10. The van der Waals surface area contributed by atoms with Crippen molar-refractivity contribution in [1.29, 1.82) is 0 Å². The Kier molecular flexibility index (Phi) is 3.23. The van der Waals surface area contributed by atoms with Crippen LogP contribution >= 0.6 is 0 Å². The first-order chi connectivity index (χ1) is 6.34. The summed E-state index contributed by atoms with van der Waals surface area (Å²) < 4.78 is 5.34. The van der Waals surface area contributed by atoms with Crippen molar-refractivity contribution in [2.24, 2.45) is 11.8 Å². The molecule has 0 radical (unpaired) electrons. The van der Waals surface area contributed by atoms with Crippen LogP contribution in [0.5, 0.6) is 0 Å². The van der Waals surface area contributed by atoms with Gasteiger partial charge in [0.25, 0.3) is 0 Å². The molecule has 2 heteroatoms. The highest BCUT2D eigenvalue weighted by Gasteiger charge is 2.25. The molecule has 1 saturated heterocycles. The van der Waals surface area contributed by atoms with Gasteiger partial charge in [0.2, 0.25) is 0 Å². The normalized spacial score (nSPS) is 35.8. The van der Waals surface area contributed by atoms with Crippen LogP contribution in [0.3, 0.4) is 0 Å². The fourth-order valence-electron chi connectivity index (χ4n) is 2.35. The molecule has 0 aromatic heterocycles. The van der Waals surface area contributed by atoms with Crippen LogP contribution in [0.2, 0.25) is 0 Å². The van der Waals surface area contributed by atoms with Crippen LogP contribution in [-0.4, -0.2) is 25.8 Å². The van der Waals surface area contributed by atoms with Gasteiger partial charge in [-0.05, 0) is 44.1 Å². The number of ether oxygens (including phenoxy) is 1. The van der Waals surface area contributed by atoms with E-state index < -0.39 is 0 Å². The van der Waals surface area contributed by atoms with Gasteiger partial charge in [-0.1, -0.05) is 6.92 Å². The predicted molar refractivity (Wildman–Crippen MR) is 53.7 cm³/mol. The summed E-state index contributed by atoms with van der Waals surface area (Å²) in [4.78, 5) is 0. The molecule has 2 aliphatic rings. The molecule has 0 atom stereocenters. The van der Waals surface area contributed by atoms with E-state index in [1.165, 1.54) is 32.2 Å². The van der Waals surface area contributed by atoms with Crippen molar-refractivity contribution in [3.05, 3.63) is 0 Å². The lowest BCUT2D eigenvalue weighted by molar-refractivity contribution is 0.0633. The average molecular weight is 183 g/mol. The third kappa shape index (κ3) is 2.68. The minimum absolute atomic E-state index is 0.831. The van der Waals surface area contributed by atoms with E-state index in [0.717, 1.165) is 31.1 Å². The summed E-state index contributed by atoms with van der Waals surface area (Å²) in [7, 11) is 0. The Morgan fingerprint density at radius 1 is 1.23 bits per heavy atom. The van der Waals surface area contributed by atoms with Crippen molar-refractivity contribution in [1.82, 2.24) is 5.32 Å². The molecule has 76 valence electrons. The highest BCUT2D eigenvalue weighted by molar-refractivity contribution is 4.83. The second kappa shape index (κ2) is 4.43. The standard InChI is InChI=1S/C11H21NO/c1-9-6-11(7-9)12-8-10-2-4-13-5-3-10/h9-12H,2-8H2,1H3. The van der Waals surface area contributed by atoms with Gasteiger partial charge in [-0.15, -0.1) is 0 Å². The lowest BCUT2D eigenvalue weighted by atomic mass is 9.81. The second-order valence-corrected chi connectivity index (χ2v) is 4.74. The highest BCUT2D eigenvalue weighted by atomic mass is 16.5. The zero-order valence-corrected chi connectivity index (χ0v) is 8.59. The zero-order valence-electron chi connectivity index (χ0n) is 8.59. The molecule has 0 unspecified atom stereocenters. The Morgan fingerprint density at radius 2 is 1.92 bits per heavy atom. The number of nitrogens with one attached hydrogen (secondary N) is 1. The fourth-order valence-corrected chi connectivity index (χ4v) is 2.35. The summed E-state index contributed by atoms with van der Waals surface area (Å²) in [5.74, 6) is 1.84. The van der Waals surface area contributed by atoms with Gasteiger partial charge >= 0.3 is 0 Å². The molecule has 1 aliphatic heterocycles. The SMILES string of the molecule is CC1CC(NCC2CCOCC2)C1. The summed E-state index contributed by atoms with van der Waals surface area (Å²) >= 11 is 0. The summed E-state index contributed by atoms with van der Waals surface area (Å²) in [6, 6.07) is 0.831. The Hall–Kier alpha value is -0.0800. The molecule has 0 aromatic rings. The molecule has 0 amide bonds. The van der Waals surface area contributed by atoms with Gasteiger partial charge in [-0.3, -0.25) is 0 Å². The molecule has 13 heavy (non-hydrogen) atoms. The summed E-state index contributed by atoms with van der Waals surface area (Å²) in [6.07, 6.45) is 5.30. The summed E-state index contributed by atoms with van der Waals surface area (Å²) in [5.41, 5.74) is 0. The molecule has 0 bridgehead atoms. The third-order valence-corrected chi connectivity index (χ3v) is 3.41. The Bertz CT molecular complexity index is 148. The van der Waals surface area contributed by atoms with E-state index >= 15 is 0 Å². The van der Waals surface area contributed by atoms with Crippen molar-refractivity contribution in [2.45, 2.75) is 38.6 Å². The molecular weight excluding hydrogens is 162 g/mol. The molecule has 2 rings (SSSR count). The highest BCUT2D eigenvalue weighted by Crippen LogP contribution is 2.26. The lowest BCUT2D eigenvalue weighted by Crippen LogP contribution is -2.42. The van der Waals surface area contributed by atoms with Crippen LogP contribution in [0.1, 0.15) is 32.6 Å². The third-order valence-electron chi connectivity index (χ3n) is 3.41. The maximum atomic E-state index is 5.34. The van der Waals surface area contributed by atoms with E-state index in [0.29, 0.717) is 0 Å². The first-order valence-corrected chi connectivity index (χ1v) is 5.65. The largest absolute Gasteiger partial charge is 0.381 e. The fraction of sp³-hybridized carbons (Fsp3) is 1.00. The molecule has 2 nitrogen and oxygen atoms in total. The average Bonchev–Trinajstić information content (AvgIpc) is 2.12. The van der Waals surface area contributed by atoms with Crippen LogP contribution in [0, 0.1) is 11.8 Å². The summed E-state index contributed by atoms with van der Waals surface area (Å²) in [6.45, 7) is 5.52. The number of hydrogen-bond acceptors (Lipinski definition) is 2. The van der Waals surface area contributed by atoms with Crippen molar-refractivity contribution in [2.75, 3.05) is 19.8 Å². The van der Waals surface area contributed by atoms with E-state index in [2.05, 4.69) is 12.2 Å². The Balaban J connectivity index is 1.56. The molecule has 2 fully saturated rings. The van der Waals surface area contributed by atoms with Crippen molar-refractivity contribution >= 4 is 0 Å². The summed E-state index contributed by atoms with van der Waals surface area (Å²) in [5, 5.41) is 3.66. The topological polar surface area (TPSA) is 21.3 Å². The molecule has 0 aromatic carbocycles. The van der Waals surface area contributed by atoms with Crippen LogP contribution in [0.4, 0.5) is 0 Å². The van der Waals surface area contributed by atoms with Gasteiger partial charge in [-0.2, -0.15) is 0 Å². The van der Waals surface area contributed by atoms with Gasteiger partial charge in [0.05, 0.1) is 0 Å². The van der Waals surface area contributed by atoms with Gasteiger partial charge in [-0.25, -0.2) is 0 Å².